The zero-order valence-corrected chi connectivity index (χ0v) is 14.1. The molecule has 1 unspecified atom stereocenters. The summed E-state index contributed by atoms with van der Waals surface area (Å²) in [7, 11) is -3.56. The predicted octanol–water partition coefficient (Wildman–Crippen LogP) is 3.88. The lowest BCUT2D eigenvalue weighted by molar-refractivity contribution is 0.505. The Hall–Kier alpha value is -2.05. The van der Waals surface area contributed by atoms with Gasteiger partial charge in [0.1, 0.15) is 0 Å². The Morgan fingerprint density at radius 3 is 2.46 bits per heavy atom. The number of aryl methyl sites for hydroxylation is 1. The minimum atomic E-state index is -3.56. The molecule has 1 atom stereocenters. The fourth-order valence-corrected chi connectivity index (χ4v) is 3.28. The average Bonchev–Trinajstić information content (AvgIpc) is 2.55. The summed E-state index contributed by atoms with van der Waals surface area (Å²) in [5, 5.41) is 1.12. The van der Waals surface area contributed by atoms with Crippen molar-refractivity contribution in [1.82, 2.24) is 4.72 Å². The van der Waals surface area contributed by atoms with Gasteiger partial charge in [-0.2, -0.15) is 0 Å². The molecule has 1 N–H and O–H groups in total. The zero-order chi connectivity index (χ0) is 17.6. The molecule has 0 fully saturated rings. The standard InChI is InChI=1S/C18H19F2NO2S/c1-14(7-8-16-9-10-17(19)18(20)13-16)21-24(22,23)12-11-15-5-3-2-4-6-15/h2-6,9-14,21H,7-8H2,1H3/b12-11+. The first-order chi connectivity index (χ1) is 11.4. The normalized spacial score (nSPS) is 13.3. The maximum absolute atomic E-state index is 13.1. The summed E-state index contributed by atoms with van der Waals surface area (Å²) in [5.41, 5.74) is 1.41. The number of hydrogen-bond donors (Lipinski definition) is 1. The van der Waals surface area contributed by atoms with Crippen LogP contribution < -0.4 is 4.72 Å². The Balaban J connectivity index is 1.89. The van der Waals surface area contributed by atoms with Crippen molar-refractivity contribution >= 4 is 16.1 Å². The van der Waals surface area contributed by atoms with Crippen LogP contribution in [0.25, 0.3) is 6.08 Å². The van der Waals surface area contributed by atoms with E-state index >= 15 is 0 Å². The smallest absolute Gasteiger partial charge is 0.209 e. The number of benzene rings is 2. The molecule has 0 aromatic heterocycles. The minimum absolute atomic E-state index is 0.330. The maximum atomic E-state index is 13.1. The number of rotatable bonds is 7. The Labute approximate surface area is 141 Å². The van der Waals surface area contributed by atoms with Gasteiger partial charge in [-0.3, -0.25) is 0 Å². The molecule has 2 aromatic rings. The fourth-order valence-electron chi connectivity index (χ4n) is 2.19. The number of sulfonamides is 1. The Morgan fingerprint density at radius 2 is 1.79 bits per heavy atom. The number of hydrogen-bond acceptors (Lipinski definition) is 2. The van der Waals surface area contributed by atoms with Crippen molar-refractivity contribution in [2.24, 2.45) is 0 Å². The first-order valence-corrected chi connectivity index (χ1v) is 9.10. The summed E-state index contributed by atoms with van der Waals surface area (Å²) < 4.78 is 52.6. The summed E-state index contributed by atoms with van der Waals surface area (Å²) in [6, 6.07) is 12.5. The van der Waals surface area contributed by atoms with E-state index in [0.717, 1.165) is 23.1 Å². The molecule has 128 valence electrons. The second kappa shape index (κ2) is 8.17. The van der Waals surface area contributed by atoms with E-state index in [4.69, 9.17) is 0 Å². The van der Waals surface area contributed by atoms with Gasteiger partial charge >= 0.3 is 0 Å². The molecule has 0 aliphatic carbocycles. The van der Waals surface area contributed by atoms with Gasteiger partial charge in [-0.15, -0.1) is 0 Å². The highest BCUT2D eigenvalue weighted by atomic mass is 32.2. The molecule has 0 amide bonds. The van der Waals surface area contributed by atoms with Crippen LogP contribution in [0.4, 0.5) is 8.78 Å². The van der Waals surface area contributed by atoms with E-state index in [1.165, 1.54) is 12.1 Å². The van der Waals surface area contributed by atoms with Crippen LogP contribution in [0.15, 0.2) is 53.9 Å². The fraction of sp³-hybridized carbons (Fsp3) is 0.222. The molecule has 0 saturated carbocycles. The largest absolute Gasteiger partial charge is 0.233 e. The van der Waals surface area contributed by atoms with Crippen LogP contribution in [-0.2, 0) is 16.4 Å². The first kappa shape index (κ1) is 18.3. The molecular formula is C18H19F2NO2S. The molecule has 0 saturated heterocycles. The second-order valence-electron chi connectivity index (χ2n) is 5.56. The van der Waals surface area contributed by atoms with Crippen LogP contribution in [-0.4, -0.2) is 14.5 Å². The molecular weight excluding hydrogens is 332 g/mol. The van der Waals surface area contributed by atoms with Gasteiger partial charge in [0.25, 0.3) is 0 Å². The van der Waals surface area contributed by atoms with Crippen molar-refractivity contribution < 1.29 is 17.2 Å². The van der Waals surface area contributed by atoms with E-state index in [1.54, 1.807) is 19.1 Å². The minimum Gasteiger partial charge on any atom is -0.209 e. The Morgan fingerprint density at radius 1 is 1.08 bits per heavy atom. The summed E-state index contributed by atoms with van der Waals surface area (Å²) in [4.78, 5) is 0. The van der Waals surface area contributed by atoms with Crippen LogP contribution in [0.5, 0.6) is 0 Å². The summed E-state index contributed by atoms with van der Waals surface area (Å²) >= 11 is 0. The van der Waals surface area contributed by atoms with E-state index in [2.05, 4.69) is 4.72 Å². The third-order valence-electron chi connectivity index (χ3n) is 3.45. The lowest BCUT2D eigenvalue weighted by Gasteiger charge is -2.12. The summed E-state index contributed by atoms with van der Waals surface area (Å²) in [6.07, 6.45) is 2.44. The van der Waals surface area contributed by atoms with E-state index in [-0.39, 0.29) is 6.04 Å². The molecule has 2 rings (SSSR count). The highest BCUT2D eigenvalue weighted by Crippen LogP contribution is 2.12. The van der Waals surface area contributed by atoms with Gasteiger partial charge in [0.15, 0.2) is 11.6 Å². The van der Waals surface area contributed by atoms with Crippen molar-refractivity contribution in [3.63, 3.8) is 0 Å². The molecule has 3 nitrogen and oxygen atoms in total. The molecule has 0 aliphatic heterocycles. The monoisotopic (exact) mass is 351 g/mol. The van der Waals surface area contributed by atoms with Crippen molar-refractivity contribution in [3.05, 3.63) is 76.7 Å². The zero-order valence-electron chi connectivity index (χ0n) is 13.2. The van der Waals surface area contributed by atoms with Crippen LogP contribution in [0, 0.1) is 11.6 Å². The lowest BCUT2D eigenvalue weighted by atomic mass is 10.1. The van der Waals surface area contributed by atoms with Gasteiger partial charge in [-0.05, 0) is 49.1 Å². The third-order valence-corrected chi connectivity index (χ3v) is 4.68. The van der Waals surface area contributed by atoms with Crippen LogP contribution in [0.2, 0.25) is 0 Å². The van der Waals surface area contributed by atoms with Crippen molar-refractivity contribution in [2.45, 2.75) is 25.8 Å². The van der Waals surface area contributed by atoms with E-state index < -0.39 is 21.7 Å². The SMILES string of the molecule is CC(CCc1ccc(F)c(F)c1)NS(=O)(=O)/C=C/c1ccccc1. The van der Waals surface area contributed by atoms with Crippen LogP contribution in [0.3, 0.4) is 0 Å². The quantitative estimate of drug-likeness (QED) is 0.823. The van der Waals surface area contributed by atoms with Gasteiger partial charge in [0.2, 0.25) is 10.0 Å². The first-order valence-electron chi connectivity index (χ1n) is 7.55. The van der Waals surface area contributed by atoms with E-state index in [1.807, 2.05) is 18.2 Å². The average molecular weight is 351 g/mol. The summed E-state index contributed by atoms with van der Waals surface area (Å²) in [5.74, 6) is -1.79. The molecule has 6 heteroatoms. The highest BCUT2D eigenvalue weighted by molar-refractivity contribution is 7.92. The number of halogens is 2. The van der Waals surface area contributed by atoms with Gasteiger partial charge in [0.05, 0.1) is 0 Å². The number of nitrogens with one attached hydrogen (secondary N) is 1. The summed E-state index contributed by atoms with van der Waals surface area (Å²) in [6.45, 7) is 1.73. The molecule has 24 heavy (non-hydrogen) atoms. The van der Waals surface area contributed by atoms with Crippen molar-refractivity contribution in [1.29, 1.82) is 0 Å². The molecule has 2 aromatic carbocycles. The van der Waals surface area contributed by atoms with Gasteiger partial charge in [0, 0.05) is 11.4 Å². The van der Waals surface area contributed by atoms with Crippen LogP contribution in [0.1, 0.15) is 24.5 Å². The lowest BCUT2D eigenvalue weighted by Crippen LogP contribution is -2.31. The molecule has 0 heterocycles. The molecule has 0 spiro atoms. The van der Waals surface area contributed by atoms with Gasteiger partial charge in [-0.25, -0.2) is 21.9 Å². The van der Waals surface area contributed by atoms with Crippen molar-refractivity contribution in [3.8, 4) is 0 Å². The highest BCUT2D eigenvalue weighted by Gasteiger charge is 2.12. The predicted molar refractivity (Wildman–Crippen MR) is 91.7 cm³/mol. The Bertz CT molecular complexity index is 805. The molecule has 0 bridgehead atoms. The van der Waals surface area contributed by atoms with Crippen LogP contribution >= 0.6 is 0 Å². The van der Waals surface area contributed by atoms with Crippen molar-refractivity contribution in [2.75, 3.05) is 0 Å². The maximum Gasteiger partial charge on any atom is 0.233 e. The Kier molecular flexibility index (Phi) is 6.23. The topological polar surface area (TPSA) is 46.2 Å². The van der Waals surface area contributed by atoms with Gasteiger partial charge < -0.3 is 0 Å². The van der Waals surface area contributed by atoms with E-state index in [0.29, 0.717) is 18.4 Å². The second-order valence-corrected chi connectivity index (χ2v) is 7.16. The molecule has 0 aliphatic rings. The third kappa shape index (κ3) is 5.86. The van der Waals surface area contributed by atoms with Gasteiger partial charge in [-0.1, -0.05) is 36.4 Å². The van der Waals surface area contributed by atoms with E-state index in [9.17, 15) is 17.2 Å². The molecule has 0 radical (unpaired) electrons.